The van der Waals surface area contributed by atoms with Gasteiger partial charge in [-0.05, 0) is 32.4 Å². The van der Waals surface area contributed by atoms with Crippen LogP contribution < -0.4 is 5.73 Å². The first kappa shape index (κ1) is 15.7. The van der Waals surface area contributed by atoms with E-state index in [1.165, 1.54) is 0 Å². The molecule has 116 valence electrons. The molecular weight excluding hydrogens is 270 g/mol. The summed E-state index contributed by atoms with van der Waals surface area (Å²) in [5, 5.41) is 9.33. The third kappa shape index (κ3) is 3.71. The Hall–Kier alpha value is -1.66. The van der Waals surface area contributed by atoms with Gasteiger partial charge in [0, 0.05) is 24.3 Å². The smallest absolute Gasteiger partial charge is 0.254 e. The van der Waals surface area contributed by atoms with E-state index < -0.39 is 5.60 Å². The average Bonchev–Trinajstić information content (AvgIpc) is 2.43. The number of aliphatic hydroxyl groups excluding tert-OH is 1. The number of ether oxygens (including phenoxy) is 1. The molecule has 0 aromatic carbocycles. The first-order valence-electron chi connectivity index (χ1n) is 7.19. The molecule has 0 radical (unpaired) electrons. The second kappa shape index (κ2) is 5.99. The number of nitrogen functional groups attached to an aromatic ring is 1. The summed E-state index contributed by atoms with van der Waals surface area (Å²) in [4.78, 5) is 18.6. The van der Waals surface area contributed by atoms with Gasteiger partial charge in [0.05, 0.1) is 18.3 Å². The Balaban J connectivity index is 2.24. The summed E-state index contributed by atoms with van der Waals surface area (Å²) in [6, 6.07) is 3.37. The van der Waals surface area contributed by atoms with Crippen molar-refractivity contribution in [2.24, 2.45) is 0 Å². The Morgan fingerprint density at radius 1 is 1.57 bits per heavy atom. The molecule has 1 aromatic rings. The van der Waals surface area contributed by atoms with E-state index in [9.17, 15) is 9.90 Å². The number of carbonyl (C=O) groups is 1. The summed E-state index contributed by atoms with van der Waals surface area (Å²) in [5.74, 6) is 0.248. The van der Waals surface area contributed by atoms with Gasteiger partial charge in [0.25, 0.3) is 5.91 Å². The van der Waals surface area contributed by atoms with Crippen LogP contribution in [0.25, 0.3) is 0 Å². The number of pyridine rings is 1. The number of anilines is 1. The van der Waals surface area contributed by atoms with Crippen molar-refractivity contribution in [3.05, 3.63) is 23.4 Å². The summed E-state index contributed by atoms with van der Waals surface area (Å²) in [7, 11) is 0. The quantitative estimate of drug-likeness (QED) is 0.862. The minimum absolute atomic E-state index is 0.103. The molecule has 6 nitrogen and oxygen atoms in total. The molecule has 0 aliphatic carbocycles. The van der Waals surface area contributed by atoms with Crippen molar-refractivity contribution in [3.8, 4) is 0 Å². The van der Waals surface area contributed by atoms with Crippen LogP contribution in [0, 0.1) is 0 Å². The zero-order valence-electron chi connectivity index (χ0n) is 12.8. The van der Waals surface area contributed by atoms with E-state index in [4.69, 9.17) is 10.5 Å². The van der Waals surface area contributed by atoms with Crippen molar-refractivity contribution in [2.45, 2.75) is 38.9 Å². The van der Waals surface area contributed by atoms with Crippen LogP contribution >= 0.6 is 0 Å². The standard InChI is InChI=1S/C15H23N3O3/c1-4-11-5-10(6-13(16)17-11)14(20)18-7-12(8-19)21-15(2,3)9-18/h5-6,12,19H,4,7-9H2,1-3H3,(H2,16,17). The number of amides is 1. The van der Waals surface area contributed by atoms with Crippen molar-refractivity contribution >= 4 is 11.7 Å². The van der Waals surface area contributed by atoms with Gasteiger partial charge < -0.3 is 20.5 Å². The van der Waals surface area contributed by atoms with Crippen LogP contribution in [0.2, 0.25) is 0 Å². The van der Waals surface area contributed by atoms with Gasteiger partial charge in [-0.1, -0.05) is 6.92 Å². The maximum atomic E-state index is 12.7. The van der Waals surface area contributed by atoms with Crippen LogP contribution in [0.3, 0.4) is 0 Å². The van der Waals surface area contributed by atoms with Crippen LogP contribution in [0.5, 0.6) is 0 Å². The van der Waals surface area contributed by atoms with Crippen molar-refractivity contribution in [1.82, 2.24) is 9.88 Å². The molecule has 1 atom stereocenters. The van der Waals surface area contributed by atoms with Gasteiger partial charge >= 0.3 is 0 Å². The molecule has 1 unspecified atom stereocenters. The van der Waals surface area contributed by atoms with E-state index in [1.807, 2.05) is 20.8 Å². The minimum Gasteiger partial charge on any atom is -0.394 e. The number of hydrogen-bond donors (Lipinski definition) is 2. The molecule has 21 heavy (non-hydrogen) atoms. The number of nitrogens with two attached hydrogens (primary N) is 1. The predicted octanol–water partition coefficient (Wildman–Crippen LogP) is 0.838. The maximum absolute atomic E-state index is 12.7. The number of hydrogen-bond acceptors (Lipinski definition) is 5. The van der Waals surface area contributed by atoms with Gasteiger partial charge in [0.2, 0.25) is 0 Å². The molecule has 1 saturated heterocycles. The van der Waals surface area contributed by atoms with Crippen LogP contribution in [0.4, 0.5) is 5.82 Å². The Kier molecular flexibility index (Phi) is 4.49. The van der Waals surface area contributed by atoms with Crippen LogP contribution in [0.1, 0.15) is 36.8 Å². The Labute approximate surface area is 124 Å². The molecule has 1 aliphatic heterocycles. The van der Waals surface area contributed by atoms with E-state index in [2.05, 4.69) is 4.98 Å². The van der Waals surface area contributed by atoms with E-state index in [-0.39, 0.29) is 18.6 Å². The molecule has 1 amide bonds. The van der Waals surface area contributed by atoms with Crippen molar-refractivity contribution in [1.29, 1.82) is 0 Å². The number of nitrogens with zero attached hydrogens (tertiary/aromatic N) is 2. The molecule has 3 N–H and O–H groups in total. The lowest BCUT2D eigenvalue weighted by Crippen LogP contribution is -2.55. The highest BCUT2D eigenvalue weighted by molar-refractivity contribution is 5.95. The zero-order chi connectivity index (χ0) is 15.6. The maximum Gasteiger partial charge on any atom is 0.254 e. The number of aromatic nitrogens is 1. The van der Waals surface area contributed by atoms with Gasteiger partial charge in [0.1, 0.15) is 5.82 Å². The third-order valence-corrected chi connectivity index (χ3v) is 3.48. The molecule has 0 saturated carbocycles. The van der Waals surface area contributed by atoms with Gasteiger partial charge in [-0.2, -0.15) is 0 Å². The molecule has 1 aromatic heterocycles. The fourth-order valence-corrected chi connectivity index (χ4v) is 2.64. The number of aliphatic hydroxyl groups is 1. The van der Waals surface area contributed by atoms with Gasteiger partial charge in [-0.25, -0.2) is 4.98 Å². The molecule has 6 heteroatoms. The zero-order valence-corrected chi connectivity index (χ0v) is 12.8. The summed E-state index contributed by atoms with van der Waals surface area (Å²) < 4.78 is 5.73. The summed E-state index contributed by atoms with van der Waals surface area (Å²) in [5.41, 5.74) is 6.62. The van der Waals surface area contributed by atoms with Crippen molar-refractivity contribution in [2.75, 3.05) is 25.4 Å². The van der Waals surface area contributed by atoms with Crippen LogP contribution in [-0.2, 0) is 11.2 Å². The Bertz CT molecular complexity index is 531. The molecule has 0 spiro atoms. The number of rotatable bonds is 3. The molecule has 2 heterocycles. The first-order valence-corrected chi connectivity index (χ1v) is 7.19. The summed E-state index contributed by atoms with van der Waals surface area (Å²) >= 11 is 0. The summed E-state index contributed by atoms with van der Waals surface area (Å²) in [6.45, 7) is 6.54. The van der Waals surface area contributed by atoms with Crippen molar-refractivity contribution < 1.29 is 14.6 Å². The van der Waals surface area contributed by atoms with Crippen molar-refractivity contribution in [3.63, 3.8) is 0 Å². The largest absolute Gasteiger partial charge is 0.394 e. The monoisotopic (exact) mass is 293 g/mol. The number of aryl methyl sites for hydroxylation is 1. The van der Waals surface area contributed by atoms with Gasteiger partial charge in [-0.3, -0.25) is 4.79 Å². The molecule has 1 aliphatic rings. The second-order valence-corrected chi connectivity index (χ2v) is 5.99. The molecule has 0 bridgehead atoms. The fourth-order valence-electron chi connectivity index (χ4n) is 2.64. The fraction of sp³-hybridized carbons (Fsp3) is 0.600. The van der Waals surface area contributed by atoms with E-state index in [0.29, 0.717) is 24.5 Å². The molecular formula is C15H23N3O3. The van der Waals surface area contributed by atoms with Gasteiger partial charge in [0.15, 0.2) is 0 Å². The van der Waals surface area contributed by atoms with E-state index in [1.54, 1.807) is 17.0 Å². The normalized spacial score (nSPS) is 21.3. The lowest BCUT2D eigenvalue weighted by atomic mass is 10.0. The SMILES string of the molecule is CCc1cc(C(=O)N2CC(CO)OC(C)(C)C2)cc(N)n1. The lowest BCUT2D eigenvalue weighted by molar-refractivity contribution is -0.139. The predicted molar refractivity (Wildman–Crippen MR) is 80.0 cm³/mol. The van der Waals surface area contributed by atoms with E-state index >= 15 is 0 Å². The number of carbonyl (C=O) groups excluding carboxylic acids is 1. The van der Waals surface area contributed by atoms with Crippen LogP contribution in [-0.4, -0.2) is 52.3 Å². The Morgan fingerprint density at radius 2 is 2.29 bits per heavy atom. The Morgan fingerprint density at radius 3 is 2.90 bits per heavy atom. The topological polar surface area (TPSA) is 88.7 Å². The highest BCUT2D eigenvalue weighted by Gasteiger charge is 2.35. The highest BCUT2D eigenvalue weighted by Crippen LogP contribution is 2.23. The van der Waals surface area contributed by atoms with Gasteiger partial charge in [-0.15, -0.1) is 0 Å². The first-order chi connectivity index (χ1) is 9.84. The molecule has 1 fully saturated rings. The minimum atomic E-state index is -0.479. The van der Waals surface area contributed by atoms with E-state index in [0.717, 1.165) is 12.1 Å². The molecule has 2 rings (SSSR count). The second-order valence-electron chi connectivity index (χ2n) is 5.99. The lowest BCUT2D eigenvalue weighted by Gasteiger charge is -2.42. The highest BCUT2D eigenvalue weighted by atomic mass is 16.5. The van der Waals surface area contributed by atoms with Crippen LogP contribution in [0.15, 0.2) is 12.1 Å². The number of morpholine rings is 1. The summed E-state index contributed by atoms with van der Waals surface area (Å²) in [6.07, 6.45) is 0.363. The third-order valence-electron chi connectivity index (χ3n) is 3.48. The average molecular weight is 293 g/mol.